The first kappa shape index (κ1) is 22.5. The van der Waals surface area contributed by atoms with Crippen molar-refractivity contribution in [2.75, 3.05) is 19.6 Å². The highest BCUT2D eigenvalue weighted by molar-refractivity contribution is 14.2. The summed E-state index contributed by atoms with van der Waals surface area (Å²) in [7, 11) is 0. The lowest BCUT2D eigenvalue weighted by molar-refractivity contribution is 0.168. The fourth-order valence-corrected chi connectivity index (χ4v) is 7.88. The molecule has 7 heteroatoms. The Labute approximate surface area is 213 Å². The number of benzene rings is 2. The second-order valence-corrected chi connectivity index (χ2v) is 12.0. The van der Waals surface area contributed by atoms with Gasteiger partial charge in [-0.15, -0.1) is 0 Å². The summed E-state index contributed by atoms with van der Waals surface area (Å²) in [6, 6.07) is 20.9. The molecule has 3 aromatic rings. The van der Waals surface area contributed by atoms with E-state index in [0.717, 1.165) is 42.0 Å². The van der Waals surface area contributed by atoms with Crippen LogP contribution in [0.25, 0.3) is 5.82 Å². The van der Waals surface area contributed by atoms with E-state index in [0.29, 0.717) is 5.92 Å². The Morgan fingerprint density at radius 1 is 1.18 bits per heavy atom. The average Bonchev–Trinajstić information content (AvgIpc) is 3.24. The predicted molar refractivity (Wildman–Crippen MR) is 145 cm³/mol. The quantitative estimate of drug-likeness (QED) is 0.389. The lowest BCUT2D eigenvalue weighted by Gasteiger charge is -2.33. The minimum atomic E-state index is -0.306. The van der Waals surface area contributed by atoms with Crippen LogP contribution < -0.4 is 5.32 Å². The van der Waals surface area contributed by atoms with Gasteiger partial charge in [0.2, 0.25) is 0 Å². The molecule has 168 valence electrons. The molecular formula is C26H25BrIN5. The fourth-order valence-electron chi connectivity index (χ4n) is 4.44. The van der Waals surface area contributed by atoms with Crippen LogP contribution in [0.5, 0.6) is 0 Å². The second-order valence-electron chi connectivity index (χ2n) is 8.47. The summed E-state index contributed by atoms with van der Waals surface area (Å²) in [6.45, 7) is 4.01. The van der Waals surface area contributed by atoms with Gasteiger partial charge < -0.3 is 5.32 Å². The largest absolute Gasteiger partial charge is 0.370 e. The molecule has 0 bridgehead atoms. The number of fused-ring (bicyclic) bond motifs is 1. The highest BCUT2D eigenvalue weighted by Gasteiger charge is 2.22. The van der Waals surface area contributed by atoms with E-state index in [-0.39, 0.29) is 20.7 Å². The number of halogens is 2. The Morgan fingerprint density at radius 3 is 2.91 bits per heavy atom. The van der Waals surface area contributed by atoms with Gasteiger partial charge in [0.15, 0.2) is 0 Å². The number of nitriles is 1. The van der Waals surface area contributed by atoms with Crippen molar-refractivity contribution in [2.45, 2.75) is 19.4 Å². The summed E-state index contributed by atoms with van der Waals surface area (Å²) < 4.78 is 5.88. The third kappa shape index (κ3) is 5.29. The molecule has 1 saturated heterocycles. The average molecular weight is 614 g/mol. The van der Waals surface area contributed by atoms with E-state index in [1.165, 1.54) is 31.2 Å². The topological polar surface area (TPSA) is 56.9 Å². The van der Waals surface area contributed by atoms with Crippen LogP contribution in [0.15, 0.2) is 71.3 Å². The van der Waals surface area contributed by atoms with Gasteiger partial charge >= 0.3 is 0 Å². The molecule has 1 fully saturated rings. The monoisotopic (exact) mass is 613 g/mol. The summed E-state index contributed by atoms with van der Waals surface area (Å²) >= 11 is 3.40. The van der Waals surface area contributed by atoms with Gasteiger partial charge in [0, 0.05) is 23.1 Å². The minimum Gasteiger partial charge on any atom is -0.370 e. The predicted octanol–water partition coefficient (Wildman–Crippen LogP) is 5.19. The van der Waals surface area contributed by atoms with Crippen LogP contribution in [0.1, 0.15) is 29.5 Å². The van der Waals surface area contributed by atoms with Gasteiger partial charge in [0.1, 0.15) is 9.52 Å². The standard InChI is InChI=1S/C26H25BrIN5/c27-23-16-31-33-25(13-24(28-26(23)33)22-9-2-1-3-10-22)30-15-21-8-5-11-32(18-21)17-20-7-4-6-19(12-20)14-29/h1-4,6-7,9-10,12-13,16,21,30H,5,8,11,15,17-18H2. The first-order chi connectivity index (χ1) is 16.2. The molecule has 33 heavy (non-hydrogen) atoms. The van der Waals surface area contributed by atoms with Crippen molar-refractivity contribution in [1.82, 2.24) is 20.0 Å². The minimum absolute atomic E-state index is 0.306. The summed E-state index contributed by atoms with van der Waals surface area (Å²) in [5.74, 6) is 1.65. The van der Waals surface area contributed by atoms with Gasteiger partial charge in [-0.05, 0) is 70.6 Å². The summed E-state index contributed by atoms with van der Waals surface area (Å²) in [6.07, 6.45) is 6.64. The number of nitrogens with zero attached hydrogens (tertiary/aromatic N) is 4. The maximum absolute atomic E-state index is 9.18. The summed E-state index contributed by atoms with van der Waals surface area (Å²) in [4.78, 5) is 2.52. The Hall–Kier alpha value is -2.28. The van der Waals surface area contributed by atoms with Gasteiger partial charge in [-0.1, -0.05) is 63.2 Å². The molecule has 5 nitrogen and oxygen atoms in total. The molecule has 1 unspecified atom stereocenters. The first-order valence-electron chi connectivity index (χ1n) is 11.2. The highest BCUT2D eigenvalue weighted by atomic mass is 127. The van der Waals surface area contributed by atoms with E-state index in [4.69, 9.17) is 0 Å². The number of hydrogen-bond donors (Lipinski definition) is 1. The maximum atomic E-state index is 9.18. The molecule has 0 amide bonds. The molecule has 5 rings (SSSR count). The van der Waals surface area contributed by atoms with Gasteiger partial charge in [-0.25, -0.2) is 4.68 Å². The van der Waals surface area contributed by atoms with Crippen molar-refractivity contribution in [3.05, 3.63) is 91.7 Å². The van der Waals surface area contributed by atoms with Crippen molar-refractivity contribution < 1.29 is 0 Å². The lowest BCUT2D eigenvalue weighted by atomic mass is 9.97. The van der Waals surface area contributed by atoms with E-state index >= 15 is 0 Å². The van der Waals surface area contributed by atoms with Crippen LogP contribution in [-0.4, -0.2) is 37.8 Å². The van der Waals surface area contributed by atoms with Gasteiger partial charge in [-0.2, -0.15) is 10.4 Å². The number of aromatic nitrogens is 2. The van der Waals surface area contributed by atoms with Crippen molar-refractivity contribution in [2.24, 2.45) is 5.92 Å². The third-order valence-corrected chi connectivity index (χ3v) is 10.4. The zero-order valence-electron chi connectivity index (χ0n) is 18.2. The SMILES string of the molecule is N#Cc1cccc(CN2CCCC(CNC3=CC(c4ccccc4)=Ic4c(Br)cnn43)C2)c1. The van der Waals surface area contributed by atoms with Crippen LogP contribution in [-0.2, 0) is 6.54 Å². The van der Waals surface area contributed by atoms with Gasteiger partial charge in [0.05, 0.1) is 22.3 Å². The number of nitrogens with one attached hydrogen (secondary N) is 1. The normalized spacial score (nSPS) is 18.4. The number of likely N-dealkylation sites (tertiary alicyclic amines) is 1. The van der Waals surface area contributed by atoms with E-state index in [9.17, 15) is 5.26 Å². The van der Waals surface area contributed by atoms with Crippen LogP contribution in [0, 0.1) is 20.9 Å². The molecule has 3 heterocycles. The molecule has 2 aliphatic heterocycles. The van der Waals surface area contributed by atoms with Crippen LogP contribution in [0.4, 0.5) is 0 Å². The van der Waals surface area contributed by atoms with Crippen LogP contribution in [0.2, 0.25) is 0 Å². The third-order valence-electron chi connectivity index (χ3n) is 6.04. The van der Waals surface area contributed by atoms with Crippen molar-refractivity contribution >= 4 is 46.0 Å². The lowest BCUT2D eigenvalue weighted by Crippen LogP contribution is -2.39. The van der Waals surface area contributed by atoms with Crippen molar-refractivity contribution in [1.29, 1.82) is 5.26 Å². The second kappa shape index (κ2) is 10.3. The van der Waals surface area contributed by atoms with E-state index in [1.807, 2.05) is 24.4 Å². The number of hydrogen-bond acceptors (Lipinski definition) is 4. The number of allylic oxidation sites excluding steroid dienone is 1. The Morgan fingerprint density at radius 2 is 2.06 bits per heavy atom. The smallest absolute Gasteiger partial charge is 0.129 e. The molecular weight excluding hydrogens is 589 g/mol. The molecule has 1 atom stereocenters. The molecule has 2 aliphatic rings. The van der Waals surface area contributed by atoms with Crippen molar-refractivity contribution in [3.63, 3.8) is 0 Å². The zero-order chi connectivity index (χ0) is 22.6. The number of rotatable bonds is 6. The summed E-state index contributed by atoms with van der Waals surface area (Å²) in [5.41, 5.74) is 3.25. The maximum Gasteiger partial charge on any atom is 0.129 e. The molecule has 1 aromatic heterocycles. The molecule has 0 aliphatic carbocycles. The van der Waals surface area contributed by atoms with Crippen molar-refractivity contribution in [3.8, 4) is 6.07 Å². The van der Waals surface area contributed by atoms with Gasteiger partial charge in [-0.3, -0.25) is 4.90 Å². The highest BCUT2D eigenvalue weighted by Crippen LogP contribution is 2.31. The molecule has 1 N–H and O–H groups in total. The van der Waals surface area contributed by atoms with E-state index in [1.54, 1.807) is 0 Å². The Bertz CT molecular complexity index is 1240. The first-order valence-corrected chi connectivity index (χ1v) is 14.1. The van der Waals surface area contributed by atoms with Crippen LogP contribution >= 0.6 is 36.7 Å². The van der Waals surface area contributed by atoms with E-state index < -0.39 is 0 Å². The zero-order valence-corrected chi connectivity index (χ0v) is 22.0. The molecule has 0 radical (unpaired) electrons. The Kier molecular flexibility index (Phi) is 7.04. The van der Waals surface area contributed by atoms with Crippen LogP contribution in [0.3, 0.4) is 0 Å². The molecule has 0 spiro atoms. The number of piperidine rings is 1. The summed E-state index contributed by atoms with van der Waals surface area (Å²) in [5, 5.41) is 17.5. The molecule has 2 aromatic carbocycles. The van der Waals surface area contributed by atoms with Gasteiger partial charge in [0.25, 0.3) is 0 Å². The molecule has 0 saturated carbocycles. The fraction of sp³-hybridized carbons (Fsp3) is 0.269. The van der Waals surface area contributed by atoms with E-state index in [2.05, 4.69) is 84.5 Å². The Balaban J connectivity index is 1.27.